The van der Waals surface area contributed by atoms with E-state index in [0.29, 0.717) is 19.0 Å². The summed E-state index contributed by atoms with van der Waals surface area (Å²) in [5.41, 5.74) is 4.99. The van der Waals surface area contributed by atoms with Gasteiger partial charge in [-0.1, -0.05) is 91.3 Å². The molecule has 10 nitrogen and oxygen atoms in total. The Bertz CT molecular complexity index is 2120. The van der Waals surface area contributed by atoms with Crippen molar-refractivity contribution in [2.45, 2.75) is 106 Å². The molecule has 5 aliphatic rings. The Hall–Kier alpha value is -5.06. The van der Waals surface area contributed by atoms with Crippen molar-refractivity contribution in [3.63, 3.8) is 0 Å². The van der Waals surface area contributed by atoms with Gasteiger partial charge in [0.15, 0.2) is 0 Å². The maximum Gasteiger partial charge on any atom is 0.320 e. The van der Waals surface area contributed by atoms with Crippen LogP contribution in [0.2, 0.25) is 0 Å². The van der Waals surface area contributed by atoms with Gasteiger partial charge in [-0.05, 0) is 145 Å². The van der Waals surface area contributed by atoms with Crippen LogP contribution in [-0.2, 0) is 24.2 Å². The van der Waals surface area contributed by atoms with Crippen LogP contribution in [0.5, 0.6) is 11.5 Å². The van der Waals surface area contributed by atoms with Gasteiger partial charge in [0, 0.05) is 43.8 Å². The lowest BCUT2D eigenvalue weighted by atomic mass is 9.68. The lowest BCUT2D eigenvalue weighted by molar-refractivity contribution is 0.0159. The van der Waals surface area contributed by atoms with E-state index in [9.17, 15) is 9.59 Å². The van der Waals surface area contributed by atoms with E-state index < -0.39 is 0 Å². The van der Waals surface area contributed by atoms with E-state index in [1.807, 2.05) is 41.3 Å². The maximum atomic E-state index is 13.8. The summed E-state index contributed by atoms with van der Waals surface area (Å²) < 4.78 is 10.5. The van der Waals surface area contributed by atoms with Crippen molar-refractivity contribution in [3.8, 4) is 11.5 Å². The molecule has 2 aliphatic heterocycles. The van der Waals surface area contributed by atoms with Gasteiger partial charge in [-0.25, -0.2) is 9.59 Å². The van der Waals surface area contributed by atoms with Crippen molar-refractivity contribution in [3.05, 3.63) is 131 Å². The van der Waals surface area contributed by atoms with Crippen LogP contribution in [0.1, 0.15) is 92.9 Å². The number of nitrogens with zero attached hydrogens (tertiary/aromatic N) is 5. The second-order valence-electron chi connectivity index (χ2n) is 19.6. The first-order valence-corrected chi connectivity index (χ1v) is 23.3. The van der Waals surface area contributed by atoms with E-state index in [1.165, 1.54) is 30.4 Å². The van der Waals surface area contributed by atoms with Gasteiger partial charge >= 0.3 is 12.1 Å². The highest BCUT2D eigenvalue weighted by molar-refractivity contribution is 5.79. The zero-order chi connectivity index (χ0) is 44.2. The minimum absolute atomic E-state index is 0.0423. The van der Waals surface area contributed by atoms with Crippen molar-refractivity contribution in [2.75, 3.05) is 62.0 Å². The topological polar surface area (TPSA) is 80.8 Å². The molecule has 9 rings (SSSR count). The molecule has 0 radical (unpaired) electrons. The molecule has 3 aliphatic carbocycles. The SMILES string of the molecule is COc1ccc(CN2CC3(CCC(c4ccccc4)(N(C)C)CC3)N(CC3CCC3)C2=O)cc1.COc1ccc(CN2CC3(CCC(c4ccccc4)(N(C)C)CC3)NC2=O)cc1. The second kappa shape index (κ2) is 18.6. The number of urea groups is 2. The van der Waals surface area contributed by atoms with Gasteiger partial charge in [0.25, 0.3) is 0 Å². The van der Waals surface area contributed by atoms with Crippen LogP contribution in [-0.4, -0.2) is 110 Å². The molecule has 4 amide bonds. The van der Waals surface area contributed by atoms with Crippen molar-refractivity contribution in [2.24, 2.45) is 5.92 Å². The highest BCUT2D eigenvalue weighted by Crippen LogP contribution is 2.50. The molecule has 2 heterocycles. The Morgan fingerprint density at radius 2 is 1.05 bits per heavy atom. The lowest BCUT2D eigenvalue weighted by Crippen LogP contribution is -2.56. The monoisotopic (exact) mass is 855 g/mol. The van der Waals surface area contributed by atoms with Crippen molar-refractivity contribution in [1.82, 2.24) is 29.8 Å². The zero-order valence-corrected chi connectivity index (χ0v) is 38.7. The van der Waals surface area contributed by atoms with E-state index >= 15 is 0 Å². The molecule has 0 aromatic heterocycles. The molecular weight excluding hydrogens is 785 g/mol. The molecule has 0 atom stereocenters. The number of carbonyl (C=O) groups excluding carboxylic acids is 2. The average molecular weight is 855 g/mol. The maximum absolute atomic E-state index is 13.8. The summed E-state index contributed by atoms with van der Waals surface area (Å²) in [7, 11) is 12.1. The Balaban J connectivity index is 0.000000175. The standard InChI is InChI=1S/C29H39N3O2.C24H31N3O2/c1-30(2)29(25-10-5-4-6-11-25)18-16-28(17-19-29)22-31(20-24-12-14-26(34-3)15-13-24)27(33)32(28)21-23-8-7-9-23;1-26(2)24(20-7-5-4-6-8-20)15-13-23(14-16-24)18-27(22(28)25-23)17-19-9-11-21(29-3)12-10-19/h4-6,10-15,23H,7-9,16-22H2,1-3H3;4-12H,13-18H2,1-3H3,(H,25,28). The zero-order valence-electron chi connectivity index (χ0n) is 38.7. The van der Waals surface area contributed by atoms with Crippen LogP contribution in [0.4, 0.5) is 9.59 Å². The molecular formula is C53H70N6O4. The first-order chi connectivity index (χ1) is 30.4. The summed E-state index contributed by atoms with van der Waals surface area (Å²) in [6, 6.07) is 38.2. The van der Waals surface area contributed by atoms with E-state index in [4.69, 9.17) is 9.47 Å². The van der Waals surface area contributed by atoms with Gasteiger partial charge < -0.3 is 29.5 Å². The Morgan fingerprint density at radius 1 is 0.587 bits per heavy atom. The van der Waals surface area contributed by atoms with E-state index in [0.717, 1.165) is 93.6 Å². The second-order valence-corrected chi connectivity index (χ2v) is 19.6. The Kier molecular flexibility index (Phi) is 13.1. The van der Waals surface area contributed by atoms with Gasteiger partial charge in [0.1, 0.15) is 11.5 Å². The molecule has 1 N–H and O–H groups in total. The van der Waals surface area contributed by atoms with Gasteiger partial charge in [0.2, 0.25) is 0 Å². The molecule has 2 saturated heterocycles. The highest BCUT2D eigenvalue weighted by atomic mass is 16.5. The van der Waals surface area contributed by atoms with Gasteiger partial charge in [-0.3, -0.25) is 9.80 Å². The largest absolute Gasteiger partial charge is 0.497 e. The van der Waals surface area contributed by atoms with E-state index in [-0.39, 0.29) is 34.2 Å². The minimum Gasteiger partial charge on any atom is -0.497 e. The summed E-state index contributed by atoms with van der Waals surface area (Å²) in [6.45, 7) is 3.84. The molecule has 4 aromatic carbocycles. The third-order valence-electron chi connectivity index (χ3n) is 15.8. The van der Waals surface area contributed by atoms with Gasteiger partial charge in [-0.15, -0.1) is 0 Å². The minimum atomic E-state index is -0.113. The molecule has 5 fully saturated rings. The number of amides is 4. The molecule has 4 aromatic rings. The number of methoxy groups -OCH3 is 2. The van der Waals surface area contributed by atoms with E-state index in [2.05, 4.69) is 126 Å². The van der Waals surface area contributed by atoms with Crippen LogP contribution in [0, 0.1) is 5.92 Å². The molecule has 0 unspecified atom stereocenters. The highest BCUT2D eigenvalue weighted by Gasteiger charge is 2.55. The van der Waals surface area contributed by atoms with Crippen molar-refractivity contribution in [1.29, 1.82) is 0 Å². The smallest absolute Gasteiger partial charge is 0.320 e. The fourth-order valence-corrected chi connectivity index (χ4v) is 11.5. The van der Waals surface area contributed by atoms with Crippen LogP contribution in [0.15, 0.2) is 109 Å². The number of carbonyl (C=O) groups is 2. The summed E-state index contributed by atoms with van der Waals surface area (Å²) >= 11 is 0. The molecule has 336 valence electrons. The normalized spacial score (nSPS) is 27.1. The first kappa shape index (κ1) is 44.5. The summed E-state index contributed by atoms with van der Waals surface area (Å²) in [5.74, 6) is 2.37. The first-order valence-electron chi connectivity index (χ1n) is 23.3. The number of hydrogen-bond acceptors (Lipinski definition) is 6. The van der Waals surface area contributed by atoms with Crippen molar-refractivity contribution < 1.29 is 19.1 Å². The fraction of sp³-hybridized carbons (Fsp3) is 0.509. The summed E-state index contributed by atoms with van der Waals surface area (Å²) in [5, 5.41) is 3.33. The predicted octanol–water partition coefficient (Wildman–Crippen LogP) is 9.49. The third-order valence-corrected chi connectivity index (χ3v) is 15.8. The van der Waals surface area contributed by atoms with Crippen LogP contribution in [0.3, 0.4) is 0 Å². The van der Waals surface area contributed by atoms with Gasteiger partial charge in [-0.2, -0.15) is 0 Å². The van der Waals surface area contributed by atoms with Crippen LogP contribution in [0.25, 0.3) is 0 Å². The molecule has 10 heteroatoms. The van der Waals surface area contributed by atoms with Crippen molar-refractivity contribution >= 4 is 12.1 Å². The summed E-state index contributed by atoms with van der Waals surface area (Å²) in [6.07, 6.45) is 12.2. The quantitative estimate of drug-likeness (QED) is 0.153. The third kappa shape index (κ3) is 9.03. The van der Waals surface area contributed by atoms with Crippen LogP contribution < -0.4 is 14.8 Å². The van der Waals surface area contributed by atoms with E-state index in [1.54, 1.807) is 14.2 Å². The summed E-state index contributed by atoms with van der Waals surface area (Å²) in [4.78, 5) is 37.6. The average Bonchev–Trinajstić information content (AvgIpc) is 3.73. The Labute approximate surface area is 376 Å². The fourth-order valence-electron chi connectivity index (χ4n) is 11.5. The molecule has 63 heavy (non-hydrogen) atoms. The number of ether oxygens (including phenoxy) is 2. The van der Waals surface area contributed by atoms with Crippen LogP contribution >= 0.6 is 0 Å². The molecule has 3 saturated carbocycles. The lowest BCUT2D eigenvalue weighted by Gasteiger charge is -2.51. The molecule has 0 bridgehead atoms. The number of benzene rings is 4. The predicted molar refractivity (Wildman–Crippen MR) is 251 cm³/mol. The number of nitrogens with one attached hydrogen (secondary N) is 1. The number of rotatable bonds is 12. The molecule has 2 spiro atoms. The van der Waals surface area contributed by atoms with Gasteiger partial charge in [0.05, 0.1) is 25.3 Å². The number of hydrogen-bond donors (Lipinski definition) is 1. The Morgan fingerprint density at radius 3 is 1.48 bits per heavy atom.